The van der Waals surface area contributed by atoms with Crippen molar-refractivity contribution in [3.05, 3.63) is 47.5 Å². The van der Waals surface area contributed by atoms with Gasteiger partial charge in [0.05, 0.1) is 0 Å². The van der Waals surface area contributed by atoms with Crippen LogP contribution in [0.2, 0.25) is 0 Å². The number of benzene rings is 1. The van der Waals surface area contributed by atoms with Crippen molar-refractivity contribution in [1.82, 2.24) is 20.3 Å². The van der Waals surface area contributed by atoms with Crippen molar-refractivity contribution in [2.24, 2.45) is 5.92 Å². The minimum absolute atomic E-state index is 0.169. The largest absolute Gasteiger partial charge is 0.370 e. The minimum Gasteiger partial charge on any atom is -0.370 e. The summed E-state index contributed by atoms with van der Waals surface area (Å²) in [6.45, 7) is 6.92. The first-order valence-corrected chi connectivity index (χ1v) is 10.9. The highest BCUT2D eigenvalue weighted by atomic mass is 19.1. The smallest absolute Gasteiger partial charge is 0.224 e. The molecule has 0 aliphatic heterocycles. The second-order valence-electron chi connectivity index (χ2n) is 8.43. The van der Waals surface area contributed by atoms with Crippen molar-refractivity contribution in [3.63, 3.8) is 0 Å². The third-order valence-corrected chi connectivity index (χ3v) is 5.54. The van der Waals surface area contributed by atoms with E-state index in [2.05, 4.69) is 44.7 Å². The Balaban J connectivity index is 1.27. The molecule has 0 amide bonds. The van der Waals surface area contributed by atoms with Crippen LogP contribution in [0.4, 0.5) is 16.2 Å². The van der Waals surface area contributed by atoms with Gasteiger partial charge in [-0.3, -0.25) is 0 Å². The zero-order chi connectivity index (χ0) is 20.9. The lowest BCUT2D eigenvalue weighted by Gasteiger charge is -2.24. The summed E-state index contributed by atoms with van der Waals surface area (Å²) in [6.07, 6.45) is 6.00. The third-order valence-electron chi connectivity index (χ3n) is 5.54. The standard InChI is InChI=1S/C23H31FN6/c1-15(2)14-28-23-27-12-9-21(30-23)26-11-4-10-25-20-6-3-5-17-18-13-16(24)7-8-19(18)29-22(17)20/h7-9,12-13,15,20,25,29H,3-6,10-11,14H2,1-2H3,(H2,26,27,28,30). The topological polar surface area (TPSA) is 77.7 Å². The van der Waals surface area contributed by atoms with Crippen molar-refractivity contribution in [1.29, 1.82) is 0 Å². The van der Waals surface area contributed by atoms with E-state index < -0.39 is 0 Å². The van der Waals surface area contributed by atoms with Gasteiger partial charge in [0.2, 0.25) is 5.95 Å². The summed E-state index contributed by atoms with van der Waals surface area (Å²) >= 11 is 0. The summed E-state index contributed by atoms with van der Waals surface area (Å²) in [5.41, 5.74) is 3.53. The van der Waals surface area contributed by atoms with Crippen LogP contribution in [0.3, 0.4) is 0 Å². The molecular formula is C23H31FN6. The number of aromatic amines is 1. The lowest BCUT2D eigenvalue weighted by atomic mass is 9.91. The lowest BCUT2D eigenvalue weighted by molar-refractivity contribution is 0.452. The number of nitrogens with one attached hydrogen (secondary N) is 4. The van der Waals surface area contributed by atoms with E-state index in [1.807, 2.05) is 12.1 Å². The quantitative estimate of drug-likeness (QED) is 0.387. The Morgan fingerprint density at radius 1 is 1.20 bits per heavy atom. The first-order chi connectivity index (χ1) is 14.6. The van der Waals surface area contributed by atoms with Gasteiger partial charge in [-0.1, -0.05) is 13.8 Å². The SMILES string of the molecule is CC(C)CNc1nccc(NCCCNC2CCCc3c2[nH]c2ccc(F)cc32)n1. The van der Waals surface area contributed by atoms with Gasteiger partial charge in [-0.25, -0.2) is 9.37 Å². The summed E-state index contributed by atoms with van der Waals surface area (Å²) in [4.78, 5) is 12.3. The first-order valence-electron chi connectivity index (χ1n) is 10.9. The predicted molar refractivity (Wildman–Crippen MR) is 120 cm³/mol. The molecule has 0 fully saturated rings. The van der Waals surface area contributed by atoms with E-state index in [-0.39, 0.29) is 5.82 Å². The van der Waals surface area contributed by atoms with Gasteiger partial charge in [-0.15, -0.1) is 0 Å². The molecule has 0 saturated carbocycles. The fourth-order valence-corrected chi connectivity index (χ4v) is 4.06. The molecule has 0 radical (unpaired) electrons. The molecule has 2 aromatic heterocycles. The van der Waals surface area contributed by atoms with Crippen LogP contribution in [0.1, 0.15) is 50.4 Å². The molecule has 30 heavy (non-hydrogen) atoms. The van der Waals surface area contributed by atoms with Gasteiger partial charge >= 0.3 is 0 Å². The van der Waals surface area contributed by atoms with Gasteiger partial charge < -0.3 is 20.9 Å². The Kier molecular flexibility index (Phi) is 6.47. The molecule has 6 nitrogen and oxygen atoms in total. The molecular weight excluding hydrogens is 379 g/mol. The molecule has 1 aromatic carbocycles. The summed E-state index contributed by atoms with van der Waals surface area (Å²) in [5.74, 6) is 1.89. The maximum absolute atomic E-state index is 13.7. The van der Waals surface area contributed by atoms with Gasteiger partial charge in [0, 0.05) is 41.9 Å². The van der Waals surface area contributed by atoms with Crippen LogP contribution in [-0.2, 0) is 6.42 Å². The Morgan fingerprint density at radius 2 is 2.10 bits per heavy atom. The summed E-state index contributed by atoms with van der Waals surface area (Å²) in [5, 5.41) is 11.3. The predicted octanol–water partition coefficient (Wildman–Crippen LogP) is 4.63. The van der Waals surface area contributed by atoms with Gasteiger partial charge in [0.15, 0.2) is 0 Å². The van der Waals surface area contributed by atoms with Crippen LogP contribution in [0, 0.1) is 11.7 Å². The van der Waals surface area contributed by atoms with Crippen LogP contribution in [-0.4, -0.2) is 34.6 Å². The van der Waals surface area contributed by atoms with Crippen molar-refractivity contribution in [3.8, 4) is 0 Å². The van der Waals surface area contributed by atoms with Crippen molar-refractivity contribution in [2.75, 3.05) is 30.3 Å². The van der Waals surface area contributed by atoms with Crippen LogP contribution < -0.4 is 16.0 Å². The number of hydrogen-bond donors (Lipinski definition) is 4. The van der Waals surface area contributed by atoms with Gasteiger partial charge in [0.1, 0.15) is 11.6 Å². The first kappa shape index (κ1) is 20.6. The number of H-pyrrole nitrogens is 1. The molecule has 0 spiro atoms. The van der Waals surface area contributed by atoms with Gasteiger partial charge in [0.25, 0.3) is 0 Å². The lowest BCUT2D eigenvalue weighted by Crippen LogP contribution is -2.27. The molecule has 1 aliphatic rings. The van der Waals surface area contributed by atoms with E-state index in [9.17, 15) is 4.39 Å². The van der Waals surface area contributed by atoms with Gasteiger partial charge in [-0.2, -0.15) is 4.98 Å². The van der Waals surface area contributed by atoms with Crippen molar-refractivity contribution in [2.45, 2.75) is 45.6 Å². The monoisotopic (exact) mass is 410 g/mol. The van der Waals surface area contributed by atoms with Crippen LogP contribution in [0.5, 0.6) is 0 Å². The summed E-state index contributed by atoms with van der Waals surface area (Å²) in [6, 6.07) is 7.22. The number of anilines is 2. The molecule has 4 rings (SSSR count). The molecule has 0 saturated heterocycles. The number of aryl methyl sites for hydroxylation is 1. The fourth-order valence-electron chi connectivity index (χ4n) is 4.06. The van der Waals surface area contributed by atoms with Crippen LogP contribution >= 0.6 is 0 Å². The average Bonchev–Trinajstić information content (AvgIpc) is 3.11. The minimum atomic E-state index is -0.169. The molecule has 0 bridgehead atoms. The number of hydrogen-bond acceptors (Lipinski definition) is 5. The zero-order valence-electron chi connectivity index (χ0n) is 17.8. The number of halogens is 1. The highest BCUT2D eigenvalue weighted by molar-refractivity contribution is 5.85. The van der Waals surface area contributed by atoms with E-state index in [0.29, 0.717) is 17.9 Å². The Labute approximate surface area is 177 Å². The molecule has 160 valence electrons. The second-order valence-corrected chi connectivity index (χ2v) is 8.43. The molecule has 2 heterocycles. The zero-order valence-corrected chi connectivity index (χ0v) is 17.8. The second kappa shape index (κ2) is 9.43. The molecule has 3 aromatic rings. The molecule has 7 heteroatoms. The maximum Gasteiger partial charge on any atom is 0.224 e. The van der Waals surface area contributed by atoms with E-state index in [1.165, 1.54) is 17.3 Å². The molecule has 1 aliphatic carbocycles. The van der Waals surface area contributed by atoms with E-state index >= 15 is 0 Å². The van der Waals surface area contributed by atoms with Gasteiger partial charge in [-0.05, 0) is 68.0 Å². The van der Waals surface area contributed by atoms with Crippen LogP contribution in [0.15, 0.2) is 30.5 Å². The Morgan fingerprint density at radius 3 is 2.97 bits per heavy atom. The van der Waals surface area contributed by atoms with E-state index in [1.54, 1.807) is 12.3 Å². The normalized spacial score (nSPS) is 16.1. The molecule has 4 N–H and O–H groups in total. The molecule has 1 unspecified atom stereocenters. The highest BCUT2D eigenvalue weighted by Gasteiger charge is 2.23. The number of rotatable bonds is 9. The van der Waals surface area contributed by atoms with Crippen LogP contribution in [0.25, 0.3) is 10.9 Å². The number of fused-ring (bicyclic) bond motifs is 3. The summed E-state index contributed by atoms with van der Waals surface area (Å²) in [7, 11) is 0. The number of aromatic nitrogens is 3. The van der Waals surface area contributed by atoms with E-state index in [4.69, 9.17) is 0 Å². The van der Waals surface area contributed by atoms with Crippen molar-refractivity contribution >= 4 is 22.7 Å². The summed E-state index contributed by atoms with van der Waals surface area (Å²) < 4.78 is 13.7. The molecule has 1 atom stereocenters. The third kappa shape index (κ3) is 4.90. The average molecular weight is 411 g/mol. The maximum atomic E-state index is 13.7. The van der Waals surface area contributed by atoms with E-state index in [0.717, 1.165) is 62.0 Å². The Hall–Kier alpha value is -2.67. The number of nitrogens with zero attached hydrogens (tertiary/aromatic N) is 2. The highest BCUT2D eigenvalue weighted by Crippen LogP contribution is 2.34. The van der Waals surface area contributed by atoms with Crippen molar-refractivity contribution < 1.29 is 4.39 Å². The fraction of sp³-hybridized carbons (Fsp3) is 0.478. The Bertz CT molecular complexity index is 983.